The molecule has 0 saturated heterocycles. The van der Waals surface area contributed by atoms with Crippen molar-refractivity contribution >= 4 is 11.6 Å². The summed E-state index contributed by atoms with van der Waals surface area (Å²) in [5, 5.41) is 3.21. The Morgan fingerprint density at radius 2 is 1.43 bits per heavy atom. The molecule has 3 aliphatic carbocycles. The maximum absolute atomic E-state index is 13.5. The minimum absolute atomic E-state index is 0.0971. The van der Waals surface area contributed by atoms with Crippen LogP contribution >= 0.6 is 0 Å². The Bertz CT molecular complexity index is 1000. The molecule has 3 aromatic rings. The lowest BCUT2D eigenvalue weighted by molar-refractivity contribution is -0.126. The number of rotatable bonds is 3. The van der Waals surface area contributed by atoms with Gasteiger partial charge in [0.1, 0.15) is 0 Å². The number of carbonyl (C=O) groups excluding carboxylic acids is 1. The predicted octanol–water partition coefficient (Wildman–Crippen LogP) is 5.87. The Hall–Kier alpha value is -2.87. The molecule has 3 aromatic carbocycles. The molecule has 1 amide bonds. The summed E-state index contributed by atoms with van der Waals surface area (Å²) < 4.78 is 0. The van der Waals surface area contributed by atoms with Gasteiger partial charge in [0.05, 0.1) is 5.41 Å². The van der Waals surface area contributed by atoms with Gasteiger partial charge in [-0.2, -0.15) is 0 Å². The van der Waals surface area contributed by atoms with Crippen molar-refractivity contribution in [2.75, 3.05) is 5.32 Å². The van der Waals surface area contributed by atoms with Crippen LogP contribution in [-0.4, -0.2) is 5.91 Å². The Kier molecular flexibility index (Phi) is 3.90. The Morgan fingerprint density at radius 3 is 1.96 bits per heavy atom. The van der Waals surface area contributed by atoms with Crippen LogP contribution in [0.1, 0.15) is 59.9 Å². The van der Waals surface area contributed by atoms with Crippen LogP contribution in [0.25, 0.3) is 0 Å². The molecule has 0 aromatic heterocycles. The van der Waals surface area contributed by atoms with E-state index in [-0.39, 0.29) is 17.7 Å². The first-order valence-electron chi connectivity index (χ1n) is 10.2. The van der Waals surface area contributed by atoms with Gasteiger partial charge in [-0.1, -0.05) is 67.6 Å². The molecule has 0 unspecified atom stereocenters. The number of fused-ring (bicyclic) bond motifs is 1. The van der Waals surface area contributed by atoms with Gasteiger partial charge >= 0.3 is 0 Å². The van der Waals surface area contributed by atoms with Crippen molar-refractivity contribution in [3.05, 3.63) is 101 Å². The molecule has 0 radical (unpaired) electrons. The molecule has 2 bridgehead atoms. The third-order valence-electron chi connectivity index (χ3n) is 6.77. The second-order valence-electron chi connectivity index (χ2n) is 8.37. The van der Waals surface area contributed by atoms with Gasteiger partial charge in [0.2, 0.25) is 5.91 Å². The molecule has 3 aliphatic rings. The van der Waals surface area contributed by atoms with E-state index in [1.807, 2.05) is 12.1 Å². The second kappa shape index (κ2) is 6.34. The minimum atomic E-state index is -0.462. The molecule has 28 heavy (non-hydrogen) atoms. The summed E-state index contributed by atoms with van der Waals surface area (Å²) in [7, 11) is 0. The molecule has 1 atom stereocenters. The van der Waals surface area contributed by atoms with Gasteiger partial charge in [0, 0.05) is 17.5 Å². The molecule has 0 aliphatic heterocycles. The number of hydrogen-bond donors (Lipinski definition) is 1. The zero-order valence-electron chi connectivity index (χ0n) is 16.4. The topological polar surface area (TPSA) is 29.1 Å². The van der Waals surface area contributed by atoms with Gasteiger partial charge in [0.15, 0.2) is 0 Å². The van der Waals surface area contributed by atoms with Gasteiger partial charge in [-0.25, -0.2) is 0 Å². The quantitative estimate of drug-likeness (QED) is 0.616. The van der Waals surface area contributed by atoms with Gasteiger partial charge in [-0.05, 0) is 59.7 Å². The Balaban J connectivity index is 1.56. The highest BCUT2D eigenvalue weighted by Crippen LogP contribution is 2.61. The first kappa shape index (κ1) is 17.2. The van der Waals surface area contributed by atoms with E-state index in [4.69, 9.17) is 0 Å². The fourth-order valence-electron chi connectivity index (χ4n) is 5.29. The van der Waals surface area contributed by atoms with Crippen LogP contribution in [0.2, 0.25) is 0 Å². The van der Waals surface area contributed by atoms with Gasteiger partial charge in [-0.15, -0.1) is 0 Å². The summed E-state index contributed by atoms with van der Waals surface area (Å²) in [5.41, 5.74) is 7.12. The highest BCUT2D eigenvalue weighted by molar-refractivity contribution is 5.97. The lowest BCUT2D eigenvalue weighted by atomic mass is 9.52. The number of benzene rings is 3. The molecule has 0 heterocycles. The predicted molar refractivity (Wildman–Crippen MR) is 114 cm³/mol. The maximum Gasteiger partial charge on any atom is 0.231 e. The van der Waals surface area contributed by atoms with Crippen molar-refractivity contribution in [3.63, 3.8) is 0 Å². The zero-order valence-corrected chi connectivity index (χ0v) is 16.4. The van der Waals surface area contributed by atoms with Crippen LogP contribution in [-0.2, 0) is 11.2 Å². The van der Waals surface area contributed by atoms with Gasteiger partial charge in [0.25, 0.3) is 0 Å². The molecule has 2 heteroatoms. The fraction of sp³-hybridized carbons (Fsp3) is 0.269. The second-order valence-corrected chi connectivity index (χ2v) is 8.37. The van der Waals surface area contributed by atoms with E-state index >= 15 is 0 Å². The molecular weight excluding hydrogens is 342 g/mol. The van der Waals surface area contributed by atoms with Crippen LogP contribution in [0, 0.1) is 5.41 Å². The average molecular weight is 367 g/mol. The van der Waals surface area contributed by atoms with Crippen molar-refractivity contribution in [3.8, 4) is 0 Å². The summed E-state index contributed by atoms with van der Waals surface area (Å²) in [6.07, 6.45) is 1.85. The van der Waals surface area contributed by atoms with Crippen LogP contribution in [0.15, 0.2) is 72.8 Å². The minimum Gasteiger partial charge on any atom is -0.326 e. The fourth-order valence-corrected chi connectivity index (χ4v) is 5.29. The number of hydrogen-bond acceptors (Lipinski definition) is 1. The lowest BCUT2D eigenvalue weighted by Crippen LogP contribution is -2.47. The molecule has 0 saturated carbocycles. The van der Waals surface area contributed by atoms with Crippen molar-refractivity contribution < 1.29 is 4.79 Å². The van der Waals surface area contributed by atoms with E-state index in [0.717, 1.165) is 18.5 Å². The Labute approximate surface area is 166 Å². The van der Waals surface area contributed by atoms with E-state index in [0.29, 0.717) is 0 Å². The molecule has 1 N–H and O–H groups in total. The van der Waals surface area contributed by atoms with E-state index in [1.54, 1.807) is 0 Å². The highest BCUT2D eigenvalue weighted by Gasteiger charge is 2.53. The number of aryl methyl sites for hydroxylation is 1. The molecule has 140 valence electrons. The number of amides is 1. The zero-order chi connectivity index (χ0) is 19.3. The summed E-state index contributed by atoms with van der Waals surface area (Å²) >= 11 is 0. The van der Waals surface area contributed by atoms with Crippen LogP contribution in [0.3, 0.4) is 0 Å². The first-order valence-corrected chi connectivity index (χ1v) is 10.2. The monoisotopic (exact) mass is 367 g/mol. The van der Waals surface area contributed by atoms with E-state index < -0.39 is 5.41 Å². The van der Waals surface area contributed by atoms with Crippen molar-refractivity contribution in [2.24, 2.45) is 5.41 Å². The molecule has 6 rings (SSSR count). The summed E-state index contributed by atoms with van der Waals surface area (Å²) in [6, 6.07) is 25.6. The van der Waals surface area contributed by atoms with E-state index in [2.05, 4.69) is 79.8 Å². The van der Waals surface area contributed by atoms with E-state index in [1.165, 1.54) is 27.8 Å². The normalized spacial score (nSPS) is 24.4. The molecule has 2 nitrogen and oxygen atoms in total. The van der Waals surface area contributed by atoms with Crippen molar-refractivity contribution in [1.29, 1.82) is 0 Å². The molecule has 0 spiro atoms. The van der Waals surface area contributed by atoms with Gasteiger partial charge < -0.3 is 5.32 Å². The largest absolute Gasteiger partial charge is 0.326 e. The average Bonchev–Trinajstić information content (AvgIpc) is 2.74. The summed E-state index contributed by atoms with van der Waals surface area (Å²) in [5.74, 6) is 0.506. The van der Waals surface area contributed by atoms with Crippen molar-refractivity contribution in [2.45, 2.75) is 38.5 Å². The summed E-state index contributed by atoms with van der Waals surface area (Å²) in [4.78, 5) is 13.5. The number of anilines is 1. The SMILES string of the molecule is CCc1ccc(NC(=O)[C@]2(C)CC3c4ccccc4C2c2ccccc23)cc1. The van der Waals surface area contributed by atoms with E-state index in [9.17, 15) is 4.79 Å². The summed E-state index contributed by atoms with van der Waals surface area (Å²) in [6.45, 7) is 4.29. The highest BCUT2D eigenvalue weighted by atomic mass is 16.2. The third-order valence-corrected chi connectivity index (χ3v) is 6.77. The van der Waals surface area contributed by atoms with Crippen LogP contribution in [0.4, 0.5) is 5.69 Å². The number of nitrogens with one attached hydrogen (secondary N) is 1. The molecular formula is C26H25NO. The van der Waals surface area contributed by atoms with Crippen molar-refractivity contribution in [1.82, 2.24) is 0 Å². The van der Waals surface area contributed by atoms with Crippen LogP contribution < -0.4 is 5.32 Å². The Morgan fingerprint density at radius 1 is 0.893 bits per heavy atom. The smallest absolute Gasteiger partial charge is 0.231 e. The lowest BCUT2D eigenvalue weighted by Gasteiger charge is -2.50. The standard InChI is InChI=1S/C26H25NO/c1-3-17-12-14-18(15-13-17)27-25(28)26(2)16-23-19-8-4-6-10-21(19)24(26)22-11-7-5-9-20(22)23/h4-15,23-24H,3,16H2,1-2H3,(H,27,28)/t23?,24?,26-/m1/s1. The van der Waals surface area contributed by atoms with Crippen LogP contribution in [0.5, 0.6) is 0 Å². The number of carbonyl (C=O) groups is 1. The first-order chi connectivity index (χ1) is 13.6. The maximum atomic E-state index is 13.5. The van der Waals surface area contributed by atoms with Gasteiger partial charge in [-0.3, -0.25) is 4.79 Å². The third kappa shape index (κ3) is 2.44. The molecule has 0 fully saturated rings.